The van der Waals surface area contributed by atoms with E-state index in [1.807, 2.05) is 13.8 Å². The van der Waals surface area contributed by atoms with Crippen LogP contribution >= 0.6 is 0 Å². The van der Waals surface area contributed by atoms with Crippen LogP contribution in [0.5, 0.6) is 0 Å². The Morgan fingerprint density at radius 3 is 2.76 bits per heavy atom. The molecule has 140 valence electrons. The summed E-state index contributed by atoms with van der Waals surface area (Å²) in [4.78, 5) is 28.6. The normalized spacial score (nSPS) is 15.3. The lowest BCUT2D eigenvalue weighted by Gasteiger charge is -2.28. The van der Waals surface area contributed by atoms with Crippen LogP contribution in [0, 0.1) is 5.92 Å². The standard InChI is InChI=1S/C17H28N4O4/c1-14(2)12-17(23)21(6-3-5-20-7-10-24-11-8-20)13-16(22)18-15-4-9-25-19-15/h4,9,14H,3,5-8,10-13H2,1-2H3,(H,18,19,22). The predicted octanol–water partition coefficient (Wildman–Crippen LogP) is 1.21. The number of hydrogen-bond acceptors (Lipinski definition) is 6. The summed E-state index contributed by atoms with van der Waals surface area (Å²) in [5.74, 6) is 0.354. The molecule has 0 aromatic carbocycles. The van der Waals surface area contributed by atoms with Gasteiger partial charge >= 0.3 is 0 Å². The molecule has 1 aromatic rings. The van der Waals surface area contributed by atoms with Crippen molar-refractivity contribution in [3.05, 3.63) is 12.3 Å². The highest BCUT2D eigenvalue weighted by Crippen LogP contribution is 2.07. The molecule has 0 atom stereocenters. The smallest absolute Gasteiger partial charge is 0.245 e. The minimum Gasteiger partial charge on any atom is -0.379 e. The summed E-state index contributed by atoms with van der Waals surface area (Å²) >= 11 is 0. The second-order valence-electron chi connectivity index (χ2n) is 6.65. The van der Waals surface area contributed by atoms with E-state index in [9.17, 15) is 9.59 Å². The maximum absolute atomic E-state index is 12.5. The molecule has 2 heterocycles. The van der Waals surface area contributed by atoms with Crippen molar-refractivity contribution in [1.82, 2.24) is 15.0 Å². The monoisotopic (exact) mass is 352 g/mol. The number of anilines is 1. The third kappa shape index (κ3) is 7.23. The molecule has 1 saturated heterocycles. The molecule has 0 spiro atoms. The first kappa shape index (κ1) is 19.4. The average Bonchev–Trinajstić information content (AvgIpc) is 3.07. The molecular weight excluding hydrogens is 324 g/mol. The zero-order chi connectivity index (χ0) is 18.1. The second kappa shape index (κ2) is 10.1. The first-order valence-electron chi connectivity index (χ1n) is 8.82. The zero-order valence-electron chi connectivity index (χ0n) is 15.1. The molecule has 1 aromatic heterocycles. The summed E-state index contributed by atoms with van der Waals surface area (Å²) in [6.45, 7) is 8.86. The van der Waals surface area contributed by atoms with E-state index in [2.05, 4.69) is 15.4 Å². The molecule has 0 unspecified atom stereocenters. The Balaban J connectivity index is 1.83. The summed E-state index contributed by atoms with van der Waals surface area (Å²) in [6, 6.07) is 1.57. The van der Waals surface area contributed by atoms with Crippen molar-refractivity contribution in [2.75, 3.05) is 51.3 Å². The van der Waals surface area contributed by atoms with Gasteiger partial charge in [-0.05, 0) is 12.3 Å². The van der Waals surface area contributed by atoms with E-state index in [1.54, 1.807) is 11.0 Å². The van der Waals surface area contributed by atoms with Gasteiger partial charge in [-0.2, -0.15) is 0 Å². The number of rotatable bonds is 9. The number of aromatic nitrogens is 1. The topological polar surface area (TPSA) is 87.9 Å². The molecule has 2 amide bonds. The molecule has 0 radical (unpaired) electrons. The first-order chi connectivity index (χ1) is 12.0. The lowest BCUT2D eigenvalue weighted by atomic mass is 10.1. The van der Waals surface area contributed by atoms with Crippen LogP contribution in [0.2, 0.25) is 0 Å². The Bertz CT molecular complexity index is 527. The number of nitrogens with one attached hydrogen (secondary N) is 1. The number of ether oxygens (including phenoxy) is 1. The minimum atomic E-state index is -0.266. The molecule has 1 aliphatic rings. The van der Waals surface area contributed by atoms with Crippen molar-refractivity contribution < 1.29 is 18.8 Å². The quantitative estimate of drug-likeness (QED) is 0.719. The zero-order valence-corrected chi connectivity index (χ0v) is 15.1. The van der Waals surface area contributed by atoms with Crippen LogP contribution in [-0.2, 0) is 14.3 Å². The van der Waals surface area contributed by atoms with Crippen LogP contribution in [0.25, 0.3) is 0 Å². The van der Waals surface area contributed by atoms with Crippen LogP contribution in [-0.4, -0.2) is 72.7 Å². The van der Waals surface area contributed by atoms with Crippen molar-refractivity contribution in [3.8, 4) is 0 Å². The Kier molecular flexibility index (Phi) is 7.87. The number of amides is 2. The third-order valence-electron chi connectivity index (χ3n) is 3.98. The fraction of sp³-hybridized carbons (Fsp3) is 0.706. The molecule has 8 nitrogen and oxygen atoms in total. The van der Waals surface area contributed by atoms with Crippen molar-refractivity contribution in [2.24, 2.45) is 5.92 Å². The molecule has 0 saturated carbocycles. The van der Waals surface area contributed by atoms with Crippen LogP contribution in [0.1, 0.15) is 26.7 Å². The van der Waals surface area contributed by atoms with E-state index >= 15 is 0 Å². The van der Waals surface area contributed by atoms with Crippen LogP contribution in [0.3, 0.4) is 0 Å². The second-order valence-corrected chi connectivity index (χ2v) is 6.65. The molecule has 0 aliphatic carbocycles. The van der Waals surface area contributed by atoms with Crippen LogP contribution < -0.4 is 5.32 Å². The SMILES string of the molecule is CC(C)CC(=O)N(CCCN1CCOCC1)CC(=O)Nc1ccon1. The molecule has 0 bridgehead atoms. The largest absolute Gasteiger partial charge is 0.379 e. The molecule has 8 heteroatoms. The van der Waals surface area contributed by atoms with E-state index in [0.29, 0.717) is 18.8 Å². The number of nitrogens with zero attached hydrogens (tertiary/aromatic N) is 3. The number of morpholine rings is 1. The van der Waals surface area contributed by atoms with E-state index < -0.39 is 0 Å². The van der Waals surface area contributed by atoms with Gasteiger partial charge in [-0.3, -0.25) is 14.5 Å². The Morgan fingerprint density at radius 2 is 2.12 bits per heavy atom. The highest BCUT2D eigenvalue weighted by molar-refractivity contribution is 5.93. The summed E-state index contributed by atoms with van der Waals surface area (Å²) < 4.78 is 10.0. The van der Waals surface area contributed by atoms with Gasteiger partial charge in [0.2, 0.25) is 11.8 Å². The molecule has 1 aliphatic heterocycles. The van der Waals surface area contributed by atoms with Crippen LogP contribution in [0.4, 0.5) is 5.82 Å². The van der Waals surface area contributed by atoms with Gasteiger partial charge in [0.15, 0.2) is 5.82 Å². The lowest BCUT2D eigenvalue weighted by molar-refractivity contribution is -0.135. The molecular formula is C17H28N4O4. The Morgan fingerprint density at radius 1 is 1.36 bits per heavy atom. The van der Waals surface area contributed by atoms with E-state index in [1.165, 1.54) is 6.26 Å². The van der Waals surface area contributed by atoms with Gasteiger partial charge in [0, 0.05) is 38.7 Å². The van der Waals surface area contributed by atoms with Gasteiger partial charge in [-0.15, -0.1) is 0 Å². The Hall–Kier alpha value is -1.93. The summed E-state index contributed by atoms with van der Waals surface area (Å²) in [6.07, 6.45) is 2.66. The van der Waals surface area contributed by atoms with Crippen molar-refractivity contribution in [2.45, 2.75) is 26.7 Å². The summed E-state index contributed by atoms with van der Waals surface area (Å²) in [7, 11) is 0. The van der Waals surface area contributed by atoms with Gasteiger partial charge in [-0.25, -0.2) is 0 Å². The lowest BCUT2D eigenvalue weighted by Crippen LogP contribution is -2.41. The van der Waals surface area contributed by atoms with Crippen molar-refractivity contribution in [3.63, 3.8) is 0 Å². The van der Waals surface area contributed by atoms with Crippen LogP contribution in [0.15, 0.2) is 16.9 Å². The maximum atomic E-state index is 12.5. The van der Waals surface area contributed by atoms with Crippen molar-refractivity contribution >= 4 is 17.6 Å². The van der Waals surface area contributed by atoms with Gasteiger partial charge < -0.3 is 19.5 Å². The Labute approximate surface area is 148 Å². The number of carbonyl (C=O) groups excluding carboxylic acids is 2. The number of carbonyl (C=O) groups is 2. The van der Waals surface area contributed by atoms with E-state index in [4.69, 9.17) is 9.26 Å². The minimum absolute atomic E-state index is 0.00674. The first-order valence-corrected chi connectivity index (χ1v) is 8.82. The maximum Gasteiger partial charge on any atom is 0.245 e. The summed E-state index contributed by atoms with van der Waals surface area (Å²) in [5, 5.41) is 6.29. The van der Waals surface area contributed by atoms with Gasteiger partial charge in [0.1, 0.15) is 6.26 Å². The molecule has 1 fully saturated rings. The van der Waals surface area contributed by atoms with Gasteiger partial charge in [-0.1, -0.05) is 19.0 Å². The molecule has 2 rings (SSSR count). The van der Waals surface area contributed by atoms with E-state index in [-0.39, 0.29) is 24.3 Å². The van der Waals surface area contributed by atoms with E-state index in [0.717, 1.165) is 39.3 Å². The van der Waals surface area contributed by atoms with Gasteiger partial charge in [0.05, 0.1) is 19.8 Å². The molecule has 1 N–H and O–H groups in total. The number of hydrogen-bond donors (Lipinski definition) is 1. The average molecular weight is 352 g/mol. The highest BCUT2D eigenvalue weighted by Gasteiger charge is 2.19. The summed E-state index contributed by atoms with van der Waals surface area (Å²) in [5.41, 5.74) is 0. The van der Waals surface area contributed by atoms with Gasteiger partial charge in [0.25, 0.3) is 0 Å². The third-order valence-corrected chi connectivity index (χ3v) is 3.98. The molecule has 25 heavy (non-hydrogen) atoms. The van der Waals surface area contributed by atoms with Crippen molar-refractivity contribution in [1.29, 1.82) is 0 Å². The highest BCUT2D eigenvalue weighted by atomic mass is 16.5. The fourth-order valence-electron chi connectivity index (χ4n) is 2.71. The fourth-order valence-corrected chi connectivity index (χ4v) is 2.71. The predicted molar refractivity (Wildman–Crippen MR) is 93.0 cm³/mol.